The van der Waals surface area contributed by atoms with Crippen molar-refractivity contribution < 1.29 is 22.7 Å². The van der Waals surface area contributed by atoms with Crippen molar-refractivity contribution in [3.63, 3.8) is 0 Å². The average Bonchev–Trinajstić information content (AvgIpc) is 3.19. The van der Waals surface area contributed by atoms with E-state index >= 15 is 0 Å². The van der Waals surface area contributed by atoms with Crippen LogP contribution in [0.5, 0.6) is 5.75 Å². The van der Waals surface area contributed by atoms with E-state index < -0.39 is 16.0 Å². The molecule has 3 heterocycles. The summed E-state index contributed by atoms with van der Waals surface area (Å²) >= 11 is 0.894. The summed E-state index contributed by atoms with van der Waals surface area (Å²) in [4.78, 5) is 11.8. The number of ether oxygens (including phenoxy) is 2. The van der Waals surface area contributed by atoms with Crippen molar-refractivity contribution in [3.05, 3.63) is 10.9 Å². The van der Waals surface area contributed by atoms with Crippen LogP contribution in [0.4, 0.5) is 0 Å². The van der Waals surface area contributed by atoms with Crippen LogP contribution in [0.2, 0.25) is 0 Å². The Morgan fingerprint density at radius 3 is 2.50 bits per heavy atom. The number of carbonyl (C=O) groups excluding carboxylic acids is 1. The van der Waals surface area contributed by atoms with Gasteiger partial charge in [0.05, 0.1) is 14.2 Å². The first-order valence-electron chi connectivity index (χ1n) is 6.94. The molecule has 3 rings (SSSR count). The summed E-state index contributed by atoms with van der Waals surface area (Å²) in [7, 11) is -0.998. The summed E-state index contributed by atoms with van der Waals surface area (Å²) in [6.45, 7) is 2.72. The topological polar surface area (TPSA) is 84.9 Å². The molecule has 7 nitrogen and oxygen atoms in total. The molecule has 1 aromatic rings. The third kappa shape index (κ3) is 2.51. The predicted molar refractivity (Wildman–Crippen MR) is 80.8 cm³/mol. The van der Waals surface area contributed by atoms with Crippen molar-refractivity contribution >= 4 is 27.3 Å². The largest absolute Gasteiger partial charge is 0.494 e. The Balaban J connectivity index is 1.92. The van der Waals surface area contributed by atoms with E-state index in [4.69, 9.17) is 4.74 Å². The number of fused-ring (bicyclic) bond motifs is 1. The molecule has 0 bridgehead atoms. The van der Waals surface area contributed by atoms with E-state index in [9.17, 15) is 13.2 Å². The van der Waals surface area contributed by atoms with Gasteiger partial charge in [-0.05, 0) is 24.9 Å². The van der Waals surface area contributed by atoms with Crippen LogP contribution in [0.25, 0.3) is 0 Å². The first-order valence-corrected chi connectivity index (χ1v) is 9.20. The molecule has 1 aromatic heterocycles. The van der Waals surface area contributed by atoms with E-state index in [1.54, 1.807) is 0 Å². The second kappa shape index (κ2) is 5.80. The van der Waals surface area contributed by atoms with E-state index in [-0.39, 0.29) is 14.8 Å². The van der Waals surface area contributed by atoms with Crippen molar-refractivity contribution in [1.82, 2.24) is 9.62 Å². The van der Waals surface area contributed by atoms with E-state index in [1.165, 1.54) is 24.6 Å². The lowest BCUT2D eigenvalue weighted by Gasteiger charge is -2.17. The molecule has 2 fully saturated rings. The van der Waals surface area contributed by atoms with Gasteiger partial charge in [0.1, 0.15) is 4.88 Å². The van der Waals surface area contributed by atoms with Crippen molar-refractivity contribution in [3.8, 4) is 5.75 Å². The summed E-state index contributed by atoms with van der Waals surface area (Å²) in [5.74, 6) is 0.356. The molecule has 9 heteroatoms. The Kier molecular flexibility index (Phi) is 4.15. The highest BCUT2D eigenvalue weighted by atomic mass is 32.2. The molecule has 2 aliphatic rings. The van der Waals surface area contributed by atoms with Gasteiger partial charge in [0.15, 0.2) is 9.96 Å². The molecule has 0 unspecified atom stereocenters. The molecule has 2 saturated heterocycles. The maximum absolute atomic E-state index is 12.9. The number of methoxy groups -OCH3 is 2. The zero-order chi connectivity index (χ0) is 15.9. The minimum atomic E-state index is -3.65. The molecular weight excluding hydrogens is 328 g/mol. The zero-order valence-electron chi connectivity index (χ0n) is 12.4. The van der Waals surface area contributed by atoms with Crippen LogP contribution in [0, 0.1) is 11.8 Å². The van der Waals surface area contributed by atoms with Crippen LogP contribution in [0.1, 0.15) is 9.67 Å². The van der Waals surface area contributed by atoms with Crippen LogP contribution < -0.4 is 10.1 Å². The molecule has 1 N–H and O–H groups in total. The minimum Gasteiger partial charge on any atom is -0.494 e. The van der Waals surface area contributed by atoms with E-state index in [2.05, 4.69) is 10.1 Å². The number of carbonyl (C=O) groups is 1. The van der Waals surface area contributed by atoms with E-state index in [1.807, 2.05) is 0 Å². The number of hydrogen-bond acceptors (Lipinski definition) is 7. The maximum atomic E-state index is 12.9. The van der Waals surface area contributed by atoms with Gasteiger partial charge in [0.25, 0.3) is 10.0 Å². The molecule has 0 amide bonds. The van der Waals surface area contributed by atoms with Crippen molar-refractivity contribution in [2.24, 2.45) is 11.8 Å². The Labute approximate surface area is 133 Å². The fourth-order valence-corrected chi connectivity index (χ4v) is 6.20. The number of thiophene rings is 1. The Bertz CT molecular complexity index is 673. The molecule has 2 aliphatic heterocycles. The predicted octanol–water partition coefficient (Wildman–Crippen LogP) is 0.383. The number of hydrogen-bond donors (Lipinski definition) is 1. The highest BCUT2D eigenvalue weighted by Crippen LogP contribution is 2.39. The smallest absolute Gasteiger partial charge is 0.348 e. The lowest BCUT2D eigenvalue weighted by Crippen LogP contribution is -2.31. The van der Waals surface area contributed by atoms with Crippen LogP contribution in [-0.2, 0) is 14.8 Å². The normalized spacial score (nSPS) is 25.2. The lowest BCUT2D eigenvalue weighted by atomic mass is 10.0. The summed E-state index contributed by atoms with van der Waals surface area (Å²) < 4.78 is 37.1. The van der Waals surface area contributed by atoms with Gasteiger partial charge in [-0.15, -0.1) is 11.3 Å². The molecular formula is C13H18N2O5S2. The Morgan fingerprint density at radius 1 is 1.32 bits per heavy atom. The van der Waals surface area contributed by atoms with Crippen LogP contribution >= 0.6 is 11.3 Å². The van der Waals surface area contributed by atoms with Gasteiger partial charge in [-0.25, -0.2) is 13.2 Å². The fourth-order valence-electron chi connectivity index (χ4n) is 3.01. The number of esters is 1. The van der Waals surface area contributed by atoms with Gasteiger partial charge >= 0.3 is 5.97 Å². The summed E-state index contributed by atoms with van der Waals surface area (Å²) in [5, 5.41) is 3.28. The van der Waals surface area contributed by atoms with Crippen LogP contribution in [0.3, 0.4) is 0 Å². The molecule has 0 aliphatic carbocycles. The molecule has 0 saturated carbocycles. The van der Waals surface area contributed by atoms with Gasteiger partial charge in [-0.1, -0.05) is 0 Å². The van der Waals surface area contributed by atoms with Crippen molar-refractivity contribution in [2.75, 3.05) is 40.4 Å². The number of nitrogens with zero attached hydrogens (tertiary/aromatic N) is 1. The third-order valence-corrected chi connectivity index (χ3v) is 7.62. The second-order valence-corrected chi connectivity index (χ2v) is 8.64. The van der Waals surface area contributed by atoms with Crippen molar-refractivity contribution in [1.29, 1.82) is 0 Å². The molecule has 22 heavy (non-hydrogen) atoms. The van der Waals surface area contributed by atoms with Crippen LogP contribution in [-0.4, -0.2) is 59.1 Å². The SMILES string of the molecule is COC(=O)c1cc(OC)c(S(=O)(=O)N2C[C@H]3CNC[C@H]3C2)s1. The Morgan fingerprint density at radius 2 is 1.95 bits per heavy atom. The van der Waals surface area contributed by atoms with Crippen LogP contribution in [0.15, 0.2) is 10.3 Å². The maximum Gasteiger partial charge on any atom is 0.348 e. The molecule has 0 spiro atoms. The van der Waals surface area contributed by atoms with Crippen molar-refractivity contribution in [2.45, 2.75) is 4.21 Å². The molecule has 0 radical (unpaired) electrons. The molecule has 122 valence electrons. The fraction of sp³-hybridized carbons (Fsp3) is 0.615. The monoisotopic (exact) mass is 346 g/mol. The minimum absolute atomic E-state index is 0.0725. The Hall–Kier alpha value is -1.16. The standard InChI is InChI=1S/C13H18N2O5S2/c1-19-10-3-11(12(16)20-2)21-13(10)22(17,18)15-6-8-4-14-5-9(8)7-15/h3,8-9,14H,4-7H2,1-2H3/t8-,9+. The highest BCUT2D eigenvalue weighted by Gasteiger charge is 2.43. The lowest BCUT2D eigenvalue weighted by molar-refractivity contribution is 0.0606. The first-order chi connectivity index (χ1) is 10.5. The zero-order valence-corrected chi connectivity index (χ0v) is 14.0. The van der Waals surface area contributed by atoms with Gasteiger partial charge in [-0.2, -0.15) is 4.31 Å². The summed E-state index contributed by atoms with van der Waals surface area (Å²) in [6, 6.07) is 1.42. The average molecular weight is 346 g/mol. The summed E-state index contributed by atoms with van der Waals surface area (Å²) in [6.07, 6.45) is 0. The molecule has 0 aromatic carbocycles. The van der Waals surface area contributed by atoms with Gasteiger partial charge in [0, 0.05) is 19.2 Å². The summed E-state index contributed by atoms with van der Waals surface area (Å²) in [5.41, 5.74) is 0. The highest BCUT2D eigenvalue weighted by molar-refractivity contribution is 7.91. The quantitative estimate of drug-likeness (QED) is 0.794. The van der Waals surface area contributed by atoms with E-state index in [0.29, 0.717) is 24.9 Å². The van der Waals surface area contributed by atoms with Gasteiger partial charge in [-0.3, -0.25) is 0 Å². The van der Waals surface area contributed by atoms with E-state index in [0.717, 1.165) is 24.4 Å². The number of sulfonamides is 1. The molecule has 2 atom stereocenters. The third-order valence-electron chi connectivity index (χ3n) is 4.20. The second-order valence-electron chi connectivity index (χ2n) is 5.46. The van der Waals surface area contributed by atoms with Gasteiger partial charge in [0.2, 0.25) is 0 Å². The number of nitrogens with one attached hydrogen (secondary N) is 1. The van der Waals surface area contributed by atoms with Gasteiger partial charge < -0.3 is 14.8 Å². The number of rotatable bonds is 4. The first kappa shape index (κ1) is 15.7.